The van der Waals surface area contributed by atoms with Crippen molar-refractivity contribution in [1.29, 1.82) is 0 Å². The van der Waals surface area contributed by atoms with Gasteiger partial charge in [-0.1, -0.05) is 13.8 Å². The van der Waals surface area contributed by atoms with E-state index in [2.05, 4.69) is 10.3 Å². The van der Waals surface area contributed by atoms with Gasteiger partial charge < -0.3 is 19.8 Å². The first-order chi connectivity index (χ1) is 14.1. The first-order valence-electron chi connectivity index (χ1n) is 9.81. The van der Waals surface area contributed by atoms with Crippen molar-refractivity contribution in [2.75, 3.05) is 19.8 Å². The molecule has 0 aromatic carbocycles. The predicted molar refractivity (Wildman–Crippen MR) is 105 cm³/mol. The van der Waals surface area contributed by atoms with Gasteiger partial charge in [-0.15, -0.1) is 0 Å². The lowest BCUT2D eigenvalue weighted by molar-refractivity contribution is -0.146. The molecule has 10 nitrogen and oxygen atoms in total. The number of ketones is 1. The Labute approximate surface area is 174 Å². The molecule has 0 spiro atoms. The normalized spacial score (nSPS) is 15.2. The molecule has 1 saturated heterocycles. The molecule has 0 aliphatic carbocycles. The maximum absolute atomic E-state index is 12.6. The summed E-state index contributed by atoms with van der Waals surface area (Å²) in [5.41, 5.74) is 0.0725. The SMILES string of the molecule is CCOC(=O)c1c(C)[nH]c(C)c1C(=O)COC(=O)CN1C(=O)NC(CC)(CC)C1=O. The van der Waals surface area contributed by atoms with Crippen LogP contribution in [0.4, 0.5) is 4.79 Å². The lowest BCUT2D eigenvalue weighted by Gasteiger charge is -2.22. The highest BCUT2D eigenvalue weighted by Crippen LogP contribution is 2.25. The van der Waals surface area contributed by atoms with Gasteiger partial charge in [0.25, 0.3) is 5.91 Å². The smallest absolute Gasteiger partial charge is 0.340 e. The van der Waals surface area contributed by atoms with Gasteiger partial charge in [0.2, 0.25) is 5.78 Å². The second kappa shape index (κ2) is 9.10. The van der Waals surface area contributed by atoms with E-state index in [1.54, 1.807) is 34.6 Å². The Morgan fingerprint density at radius 2 is 1.57 bits per heavy atom. The van der Waals surface area contributed by atoms with Crippen LogP contribution in [0.25, 0.3) is 0 Å². The van der Waals surface area contributed by atoms with Crippen LogP contribution >= 0.6 is 0 Å². The number of H-pyrrole nitrogens is 1. The highest BCUT2D eigenvalue weighted by molar-refractivity contribution is 6.10. The van der Waals surface area contributed by atoms with E-state index in [0.29, 0.717) is 24.2 Å². The van der Waals surface area contributed by atoms with E-state index in [4.69, 9.17) is 9.47 Å². The van der Waals surface area contributed by atoms with Crippen LogP contribution in [0, 0.1) is 13.8 Å². The second-order valence-electron chi connectivity index (χ2n) is 7.04. The molecule has 1 aromatic rings. The molecule has 30 heavy (non-hydrogen) atoms. The van der Waals surface area contributed by atoms with Crippen LogP contribution < -0.4 is 5.32 Å². The molecule has 1 aromatic heterocycles. The molecule has 0 saturated carbocycles. The third kappa shape index (κ3) is 4.22. The Kier molecular flexibility index (Phi) is 7.01. The average Bonchev–Trinajstić information content (AvgIpc) is 3.13. The van der Waals surface area contributed by atoms with Crippen molar-refractivity contribution < 1.29 is 33.4 Å². The maximum atomic E-state index is 12.6. The Morgan fingerprint density at radius 1 is 0.967 bits per heavy atom. The molecule has 1 fully saturated rings. The minimum absolute atomic E-state index is 0.0877. The van der Waals surface area contributed by atoms with Gasteiger partial charge >= 0.3 is 18.0 Å². The molecular weight excluding hydrogens is 394 g/mol. The fourth-order valence-corrected chi connectivity index (χ4v) is 3.53. The molecule has 3 amide bonds. The van der Waals surface area contributed by atoms with Gasteiger partial charge in [-0.05, 0) is 33.6 Å². The summed E-state index contributed by atoms with van der Waals surface area (Å²) in [6, 6.07) is -0.673. The Bertz CT molecular complexity index is 883. The lowest BCUT2D eigenvalue weighted by Crippen LogP contribution is -2.46. The number of ether oxygens (including phenoxy) is 2. The quantitative estimate of drug-likeness (QED) is 0.352. The first-order valence-corrected chi connectivity index (χ1v) is 9.81. The molecule has 164 valence electrons. The number of carbonyl (C=O) groups excluding carboxylic acids is 5. The summed E-state index contributed by atoms with van der Waals surface area (Å²) in [7, 11) is 0. The van der Waals surface area contributed by atoms with E-state index >= 15 is 0 Å². The highest BCUT2D eigenvalue weighted by Gasteiger charge is 2.49. The van der Waals surface area contributed by atoms with E-state index in [1.807, 2.05) is 0 Å². The average molecular weight is 421 g/mol. The largest absolute Gasteiger partial charge is 0.462 e. The maximum Gasteiger partial charge on any atom is 0.340 e. The van der Waals surface area contributed by atoms with Crippen molar-refractivity contribution >= 4 is 29.7 Å². The molecule has 0 unspecified atom stereocenters. The number of imide groups is 1. The van der Waals surface area contributed by atoms with Gasteiger partial charge in [0.05, 0.1) is 17.7 Å². The third-order valence-electron chi connectivity index (χ3n) is 5.24. The van der Waals surface area contributed by atoms with E-state index in [-0.39, 0.29) is 17.7 Å². The zero-order valence-electron chi connectivity index (χ0n) is 17.8. The molecular formula is C20H27N3O7. The highest BCUT2D eigenvalue weighted by atomic mass is 16.5. The summed E-state index contributed by atoms with van der Waals surface area (Å²) in [6.07, 6.45) is 0.779. The molecule has 1 aliphatic heterocycles. The Morgan fingerprint density at radius 3 is 2.10 bits per heavy atom. The van der Waals surface area contributed by atoms with Crippen LogP contribution in [0.15, 0.2) is 0 Å². The van der Waals surface area contributed by atoms with Crippen molar-refractivity contribution in [2.45, 2.75) is 53.0 Å². The van der Waals surface area contributed by atoms with Gasteiger partial charge in [0.15, 0.2) is 6.61 Å². The first kappa shape index (κ1) is 23.1. The van der Waals surface area contributed by atoms with Gasteiger partial charge in [-0.25, -0.2) is 9.59 Å². The number of aromatic nitrogens is 1. The number of hydrogen-bond acceptors (Lipinski definition) is 7. The number of nitrogens with one attached hydrogen (secondary N) is 2. The predicted octanol–water partition coefficient (Wildman–Crippen LogP) is 1.64. The van der Waals surface area contributed by atoms with Crippen LogP contribution in [0.5, 0.6) is 0 Å². The van der Waals surface area contributed by atoms with E-state index < -0.39 is 48.4 Å². The number of rotatable bonds is 9. The summed E-state index contributed by atoms with van der Waals surface area (Å²) in [5, 5.41) is 2.61. The van der Waals surface area contributed by atoms with Crippen LogP contribution in [-0.2, 0) is 19.1 Å². The van der Waals surface area contributed by atoms with Crippen molar-refractivity contribution in [2.24, 2.45) is 0 Å². The van der Waals surface area contributed by atoms with Gasteiger partial charge in [-0.3, -0.25) is 19.3 Å². The van der Waals surface area contributed by atoms with E-state index in [1.165, 1.54) is 0 Å². The summed E-state index contributed by atoms with van der Waals surface area (Å²) in [6.45, 7) is 7.34. The fraction of sp³-hybridized carbons (Fsp3) is 0.550. The number of amides is 3. The fourth-order valence-electron chi connectivity index (χ4n) is 3.53. The van der Waals surface area contributed by atoms with Crippen LogP contribution in [0.2, 0.25) is 0 Å². The summed E-state index contributed by atoms with van der Waals surface area (Å²) in [5.74, 6) is -2.65. The minimum atomic E-state index is -1.03. The third-order valence-corrected chi connectivity index (χ3v) is 5.24. The number of urea groups is 1. The number of nitrogens with zero attached hydrogens (tertiary/aromatic N) is 1. The standard InChI is InChI=1S/C20H27N3O7/c1-6-20(7-2)18(27)23(19(28)22-20)9-14(25)30-10-13(24)15-11(4)21-12(5)16(15)17(26)29-8-3/h21H,6-10H2,1-5H3,(H,22,28). The summed E-state index contributed by atoms with van der Waals surface area (Å²) >= 11 is 0. The number of esters is 2. The number of Topliss-reactive ketones (excluding diaryl/α,β-unsaturated/α-hetero) is 1. The zero-order valence-corrected chi connectivity index (χ0v) is 17.8. The molecule has 1 aliphatic rings. The van der Waals surface area contributed by atoms with E-state index in [9.17, 15) is 24.0 Å². The Balaban J connectivity index is 2.06. The molecule has 2 rings (SSSR count). The Hall–Kier alpha value is -3.17. The molecule has 0 atom stereocenters. The molecule has 2 N–H and O–H groups in total. The summed E-state index contributed by atoms with van der Waals surface area (Å²) < 4.78 is 9.97. The number of hydrogen-bond donors (Lipinski definition) is 2. The topological polar surface area (TPSA) is 135 Å². The van der Waals surface area contributed by atoms with Crippen LogP contribution in [0.1, 0.15) is 65.7 Å². The number of aryl methyl sites for hydroxylation is 2. The zero-order chi connectivity index (χ0) is 22.6. The monoisotopic (exact) mass is 421 g/mol. The van der Waals surface area contributed by atoms with Gasteiger partial charge in [-0.2, -0.15) is 0 Å². The second-order valence-corrected chi connectivity index (χ2v) is 7.04. The number of carbonyl (C=O) groups is 5. The van der Waals surface area contributed by atoms with Crippen molar-refractivity contribution in [1.82, 2.24) is 15.2 Å². The van der Waals surface area contributed by atoms with Gasteiger partial charge in [0, 0.05) is 11.4 Å². The van der Waals surface area contributed by atoms with E-state index in [0.717, 1.165) is 4.90 Å². The van der Waals surface area contributed by atoms with Crippen LogP contribution in [0.3, 0.4) is 0 Å². The minimum Gasteiger partial charge on any atom is -0.462 e. The summed E-state index contributed by atoms with van der Waals surface area (Å²) in [4.78, 5) is 65.3. The van der Waals surface area contributed by atoms with Crippen molar-refractivity contribution in [3.63, 3.8) is 0 Å². The van der Waals surface area contributed by atoms with Crippen LogP contribution in [-0.4, -0.2) is 64.8 Å². The van der Waals surface area contributed by atoms with Gasteiger partial charge in [0.1, 0.15) is 12.1 Å². The molecule has 10 heteroatoms. The van der Waals surface area contributed by atoms with Crippen molar-refractivity contribution in [3.8, 4) is 0 Å². The molecule has 0 radical (unpaired) electrons. The number of aromatic amines is 1. The molecule has 2 heterocycles. The van der Waals surface area contributed by atoms with Crippen molar-refractivity contribution in [3.05, 3.63) is 22.5 Å². The molecule has 0 bridgehead atoms. The lowest BCUT2D eigenvalue weighted by atomic mass is 9.93.